The molecule has 9 N–H and O–H groups in total. The SMILES string of the molecule is [2H]C([2H])(C[C@H](O)CNC[C@@H](O)CC([2H])([2H])[C@H](N)C(=O)O)[C@H](N)C(=O)O. The third kappa shape index (κ3) is 10.2. The molecule has 9 nitrogen and oxygen atoms in total. The van der Waals surface area contributed by atoms with Gasteiger partial charge < -0.3 is 37.2 Å². The smallest absolute Gasteiger partial charge is 0.320 e. The third-order valence-corrected chi connectivity index (χ3v) is 2.44. The van der Waals surface area contributed by atoms with E-state index < -0.39 is 61.8 Å². The van der Waals surface area contributed by atoms with Crippen LogP contribution >= 0.6 is 0 Å². The molecule has 0 aromatic carbocycles. The van der Waals surface area contributed by atoms with E-state index in [2.05, 4.69) is 5.32 Å². The number of carboxylic acid groups (broad SMARTS) is 2. The first kappa shape index (κ1) is 13.4. The number of rotatable bonds is 12. The summed E-state index contributed by atoms with van der Waals surface area (Å²) in [6, 6.07) is -3.62. The van der Waals surface area contributed by atoms with Crippen LogP contribution in [0.3, 0.4) is 0 Å². The number of nitrogens with one attached hydrogen (secondary N) is 1. The summed E-state index contributed by atoms with van der Waals surface area (Å²) in [6.07, 6.45) is -8.42. The first-order chi connectivity index (χ1) is 11.2. The fraction of sp³-hybridized carbons (Fsp3) is 0.833. The van der Waals surface area contributed by atoms with Crippen LogP contribution in [-0.2, 0) is 9.59 Å². The van der Waals surface area contributed by atoms with Gasteiger partial charge in [0.1, 0.15) is 12.1 Å². The molecule has 0 saturated carbocycles. The number of hydrogen-bond acceptors (Lipinski definition) is 7. The molecule has 124 valence electrons. The van der Waals surface area contributed by atoms with Gasteiger partial charge in [0.15, 0.2) is 0 Å². The lowest BCUT2D eigenvalue weighted by Gasteiger charge is -2.16. The van der Waals surface area contributed by atoms with Gasteiger partial charge in [-0.25, -0.2) is 0 Å². The van der Waals surface area contributed by atoms with Crippen molar-refractivity contribution in [3.8, 4) is 0 Å². The summed E-state index contributed by atoms with van der Waals surface area (Å²) in [5.74, 6) is -3.09. The van der Waals surface area contributed by atoms with Crippen LogP contribution in [0.2, 0.25) is 0 Å². The maximum Gasteiger partial charge on any atom is 0.320 e. The molecule has 0 spiro atoms. The molecule has 4 atom stereocenters. The number of carbonyl (C=O) groups is 2. The summed E-state index contributed by atoms with van der Waals surface area (Å²) in [5, 5.41) is 39.4. The lowest BCUT2D eigenvalue weighted by atomic mass is 10.1. The van der Waals surface area contributed by atoms with Gasteiger partial charge in [-0.05, 0) is 25.6 Å². The Kier molecular flexibility index (Phi) is 6.68. The van der Waals surface area contributed by atoms with Crippen molar-refractivity contribution in [1.82, 2.24) is 5.32 Å². The van der Waals surface area contributed by atoms with E-state index in [4.69, 9.17) is 27.2 Å². The Morgan fingerprint density at radius 2 is 1.29 bits per heavy atom. The molecule has 0 aromatic rings. The van der Waals surface area contributed by atoms with E-state index in [0.717, 1.165) is 0 Å². The highest BCUT2D eigenvalue weighted by Crippen LogP contribution is 2.02. The van der Waals surface area contributed by atoms with Gasteiger partial charge >= 0.3 is 11.9 Å². The van der Waals surface area contributed by atoms with Gasteiger partial charge in [-0.1, -0.05) is 0 Å². The Bertz CT molecular complexity index is 428. The fourth-order valence-corrected chi connectivity index (χ4v) is 1.26. The van der Waals surface area contributed by atoms with Gasteiger partial charge in [-0.15, -0.1) is 0 Å². The van der Waals surface area contributed by atoms with Crippen molar-refractivity contribution in [3.05, 3.63) is 0 Å². The molecule has 0 aliphatic heterocycles. The largest absolute Gasteiger partial charge is 0.480 e. The molecule has 0 radical (unpaired) electrons. The zero-order valence-electron chi connectivity index (χ0n) is 15.4. The number of hydrogen-bond donors (Lipinski definition) is 7. The molecule has 0 amide bonds. The maximum atomic E-state index is 10.7. The summed E-state index contributed by atoms with van der Waals surface area (Å²) in [5.41, 5.74) is 10.4. The van der Waals surface area contributed by atoms with Crippen molar-refractivity contribution in [1.29, 1.82) is 0 Å². The summed E-state index contributed by atoms with van der Waals surface area (Å²) in [7, 11) is 0. The molecule has 0 aliphatic rings. The minimum atomic E-state index is -2.35. The maximum absolute atomic E-state index is 10.7. The van der Waals surface area contributed by atoms with Crippen LogP contribution in [0.15, 0.2) is 0 Å². The lowest BCUT2D eigenvalue weighted by molar-refractivity contribution is -0.139. The van der Waals surface area contributed by atoms with Crippen molar-refractivity contribution < 1.29 is 35.5 Å². The Morgan fingerprint density at radius 3 is 1.57 bits per heavy atom. The van der Waals surface area contributed by atoms with Crippen molar-refractivity contribution in [2.75, 3.05) is 13.1 Å². The molecule has 0 unspecified atom stereocenters. The Hall–Kier alpha value is -1.26. The average Bonchev–Trinajstić information content (AvgIpc) is 2.43. The fourth-order valence-electron chi connectivity index (χ4n) is 1.26. The summed E-state index contributed by atoms with van der Waals surface area (Å²) in [4.78, 5) is 21.4. The van der Waals surface area contributed by atoms with Crippen LogP contribution in [0.4, 0.5) is 0 Å². The van der Waals surface area contributed by atoms with Gasteiger partial charge in [0.2, 0.25) is 0 Å². The highest BCUT2D eigenvalue weighted by atomic mass is 16.4. The van der Waals surface area contributed by atoms with Gasteiger partial charge in [0.05, 0.1) is 12.2 Å². The topological polar surface area (TPSA) is 179 Å². The number of aliphatic hydroxyl groups is 2. The molecule has 0 heterocycles. The van der Waals surface area contributed by atoms with E-state index in [-0.39, 0.29) is 13.1 Å². The molecular formula is C12H25N3O6. The summed E-state index contributed by atoms with van der Waals surface area (Å²) >= 11 is 0. The molecular weight excluding hydrogens is 282 g/mol. The predicted octanol–water partition coefficient (Wildman–Crippen LogP) is -2.32. The quantitative estimate of drug-likeness (QED) is 0.208. The predicted molar refractivity (Wildman–Crippen MR) is 74.6 cm³/mol. The second-order valence-corrected chi connectivity index (χ2v) is 4.41. The third-order valence-electron chi connectivity index (χ3n) is 2.44. The normalized spacial score (nSPS) is 21.1. The number of carboxylic acids is 2. The Labute approximate surface area is 128 Å². The van der Waals surface area contributed by atoms with E-state index in [9.17, 15) is 19.8 Å². The van der Waals surface area contributed by atoms with Crippen molar-refractivity contribution in [2.45, 2.75) is 49.9 Å². The number of aliphatic hydroxyl groups excluding tert-OH is 2. The first-order valence-electron chi connectivity index (χ1n) is 8.24. The molecule has 0 saturated heterocycles. The Morgan fingerprint density at radius 1 is 0.952 bits per heavy atom. The van der Waals surface area contributed by atoms with Gasteiger partial charge in [0.25, 0.3) is 0 Å². The zero-order valence-corrected chi connectivity index (χ0v) is 11.4. The van der Waals surface area contributed by atoms with Crippen LogP contribution < -0.4 is 16.8 Å². The summed E-state index contributed by atoms with van der Waals surface area (Å²) in [6.45, 7) is -0.423. The monoisotopic (exact) mass is 311 g/mol. The van der Waals surface area contributed by atoms with Crippen LogP contribution in [0.1, 0.15) is 31.1 Å². The molecule has 0 aliphatic carbocycles. The number of aliphatic carboxylic acids is 2. The van der Waals surface area contributed by atoms with Crippen LogP contribution in [0, 0.1) is 0 Å². The van der Waals surface area contributed by atoms with Crippen LogP contribution in [0.25, 0.3) is 0 Å². The second kappa shape index (κ2) is 10.5. The average molecular weight is 311 g/mol. The van der Waals surface area contributed by atoms with Crippen LogP contribution in [-0.4, -0.2) is 69.7 Å². The molecule has 0 fully saturated rings. The van der Waals surface area contributed by atoms with Crippen molar-refractivity contribution in [3.63, 3.8) is 0 Å². The standard InChI is InChI=1S/C12H25N3O6/c13-9(11(18)19)3-1-7(16)5-15-6-8(17)2-4-10(14)12(20)21/h7-10,15-17H,1-6,13-14H2,(H,18,19)(H,20,21)/t7-,8-,9-,10-/m0/s1/i3D2,4D2. The molecule has 21 heavy (non-hydrogen) atoms. The van der Waals surface area contributed by atoms with E-state index >= 15 is 0 Å². The van der Waals surface area contributed by atoms with Gasteiger partial charge in [0, 0.05) is 18.6 Å². The minimum absolute atomic E-state index is 0.211. The van der Waals surface area contributed by atoms with Crippen LogP contribution in [0.5, 0.6) is 0 Å². The van der Waals surface area contributed by atoms with Crippen molar-refractivity contribution in [2.24, 2.45) is 11.5 Å². The molecule has 0 rings (SSSR count). The molecule has 0 aromatic heterocycles. The first-order valence-corrected chi connectivity index (χ1v) is 6.24. The zero-order chi connectivity index (χ0) is 20.0. The summed E-state index contributed by atoms with van der Waals surface area (Å²) < 4.78 is 30.1. The van der Waals surface area contributed by atoms with E-state index in [1.54, 1.807) is 0 Å². The Balaban J connectivity index is 4.34. The second-order valence-electron chi connectivity index (χ2n) is 4.41. The molecule has 9 heteroatoms. The highest BCUT2D eigenvalue weighted by Gasteiger charge is 2.15. The van der Waals surface area contributed by atoms with E-state index in [1.807, 2.05) is 0 Å². The number of nitrogens with two attached hydrogens (primary N) is 2. The lowest BCUT2D eigenvalue weighted by Crippen LogP contribution is -2.37. The van der Waals surface area contributed by atoms with E-state index in [0.29, 0.717) is 0 Å². The van der Waals surface area contributed by atoms with Gasteiger partial charge in [-0.3, -0.25) is 9.59 Å². The van der Waals surface area contributed by atoms with Crippen molar-refractivity contribution >= 4 is 11.9 Å². The van der Waals surface area contributed by atoms with E-state index in [1.165, 1.54) is 0 Å². The molecule has 0 bridgehead atoms. The minimum Gasteiger partial charge on any atom is -0.480 e. The van der Waals surface area contributed by atoms with Gasteiger partial charge in [-0.2, -0.15) is 0 Å². The highest BCUT2D eigenvalue weighted by molar-refractivity contribution is 5.73.